The second kappa shape index (κ2) is 10.9. The smallest absolute Gasteiger partial charge is 0.236 e. The lowest BCUT2D eigenvalue weighted by atomic mass is 9.86. The predicted octanol–water partition coefficient (Wildman–Crippen LogP) is 3.62. The summed E-state index contributed by atoms with van der Waals surface area (Å²) in [5, 5.41) is 0. The van der Waals surface area contributed by atoms with Gasteiger partial charge in [-0.05, 0) is 73.7 Å². The summed E-state index contributed by atoms with van der Waals surface area (Å²) in [7, 11) is 3.43. The fourth-order valence-electron chi connectivity index (χ4n) is 5.21. The van der Waals surface area contributed by atoms with Crippen molar-refractivity contribution < 1.29 is 14.3 Å². The van der Waals surface area contributed by atoms with Crippen LogP contribution in [0.15, 0.2) is 42.5 Å². The van der Waals surface area contributed by atoms with Crippen molar-refractivity contribution in [3.05, 3.63) is 53.6 Å². The van der Waals surface area contributed by atoms with Crippen LogP contribution in [-0.4, -0.2) is 75.2 Å². The Morgan fingerprint density at radius 2 is 1.79 bits per heavy atom. The van der Waals surface area contributed by atoms with Gasteiger partial charge < -0.3 is 19.3 Å². The number of methoxy groups -OCH3 is 2. The summed E-state index contributed by atoms with van der Waals surface area (Å²) in [6, 6.07) is 14.9. The van der Waals surface area contributed by atoms with E-state index in [2.05, 4.69) is 47.1 Å². The van der Waals surface area contributed by atoms with E-state index in [1.54, 1.807) is 14.2 Å². The number of hydrogen-bond donors (Lipinski definition) is 0. The molecule has 4 rings (SSSR count). The minimum atomic E-state index is 0.259. The molecule has 33 heavy (non-hydrogen) atoms. The van der Waals surface area contributed by atoms with Gasteiger partial charge in [0, 0.05) is 37.9 Å². The zero-order valence-corrected chi connectivity index (χ0v) is 20.3. The fraction of sp³-hybridized carbons (Fsp3) is 0.519. The van der Waals surface area contributed by atoms with Gasteiger partial charge in [-0.1, -0.05) is 19.1 Å². The standard InChI is InChI=1S/C27H37N3O3/c1-4-14-30(23-10-13-25-21(19-23)6-5-7-26(25)33-3)20-27(31)29-17-15-28(16-18-29)22-8-11-24(32-2)12-9-22/h5-9,11-12,23H,4,10,13-20H2,1-3H3. The molecule has 1 atom stereocenters. The summed E-state index contributed by atoms with van der Waals surface area (Å²) < 4.78 is 10.8. The highest BCUT2D eigenvalue weighted by Crippen LogP contribution is 2.31. The van der Waals surface area contributed by atoms with Gasteiger partial charge in [0.2, 0.25) is 5.91 Å². The average molecular weight is 452 g/mol. The molecule has 1 aliphatic carbocycles. The highest BCUT2D eigenvalue weighted by Gasteiger charge is 2.29. The number of nitrogens with zero attached hydrogens (tertiary/aromatic N) is 3. The average Bonchev–Trinajstić information content (AvgIpc) is 2.87. The zero-order chi connectivity index (χ0) is 23.2. The first-order chi connectivity index (χ1) is 16.1. The number of carbonyl (C=O) groups is 1. The summed E-state index contributed by atoms with van der Waals surface area (Å²) in [5.41, 5.74) is 3.90. The van der Waals surface area contributed by atoms with Gasteiger partial charge in [0.1, 0.15) is 11.5 Å². The Hall–Kier alpha value is -2.73. The van der Waals surface area contributed by atoms with Crippen LogP contribution in [0.1, 0.15) is 30.9 Å². The molecule has 1 aliphatic heterocycles. The first-order valence-corrected chi connectivity index (χ1v) is 12.2. The van der Waals surface area contributed by atoms with Crippen molar-refractivity contribution in [3.63, 3.8) is 0 Å². The Labute approximate surface area is 198 Å². The summed E-state index contributed by atoms with van der Waals surface area (Å²) in [5.74, 6) is 2.13. The Bertz CT molecular complexity index is 923. The van der Waals surface area contributed by atoms with Gasteiger partial charge in [0.15, 0.2) is 0 Å². The molecule has 1 heterocycles. The molecule has 6 nitrogen and oxygen atoms in total. The molecule has 0 aromatic heterocycles. The van der Waals surface area contributed by atoms with Crippen molar-refractivity contribution in [1.29, 1.82) is 0 Å². The molecule has 0 bridgehead atoms. The van der Waals surface area contributed by atoms with Crippen LogP contribution in [-0.2, 0) is 17.6 Å². The maximum absolute atomic E-state index is 13.2. The second-order valence-electron chi connectivity index (χ2n) is 9.03. The van der Waals surface area contributed by atoms with Gasteiger partial charge in [-0.15, -0.1) is 0 Å². The highest BCUT2D eigenvalue weighted by atomic mass is 16.5. The number of amides is 1. The highest BCUT2D eigenvalue weighted by molar-refractivity contribution is 5.78. The van der Waals surface area contributed by atoms with Gasteiger partial charge >= 0.3 is 0 Å². The largest absolute Gasteiger partial charge is 0.497 e. The van der Waals surface area contributed by atoms with E-state index in [9.17, 15) is 4.79 Å². The number of fused-ring (bicyclic) bond motifs is 1. The van der Waals surface area contributed by atoms with Gasteiger partial charge in [-0.25, -0.2) is 0 Å². The van der Waals surface area contributed by atoms with Crippen LogP contribution in [0.3, 0.4) is 0 Å². The number of ether oxygens (including phenoxy) is 2. The second-order valence-corrected chi connectivity index (χ2v) is 9.03. The monoisotopic (exact) mass is 451 g/mol. The van der Waals surface area contributed by atoms with Crippen LogP contribution in [0.25, 0.3) is 0 Å². The lowest BCUT2D eigenvalue weighted by molar-refractivity contribution is -0.133. The molecule has 0 radical (unpaired) electrons. The summed E-state index contributed by atoms with van der Waals surface area (Å²) >= 11 is 0. The minimum Gasteiger partial charge on any atom is -0.497 e. The Morgan fingerprint density at radius 3 is 2.45 bits per heavy atom. The molecule has 178 valence electrons. The maximum Gasteiger partial charge on any atom is 0.236 e. The lowest BCUT2D eigenvalue weighted by Gasteiger charge is -2.39. The van der Waals surface area contributed by atoms with E-state index < -0.39 is 0 Å². The molecule has 2 aliphatic rings. The Kier molecular flexibility index (Phi) is 7.76. The van der Waals surface area contributed by atoms with Crippen molar-refractivity contribution in [2.24, 2.45) is 0 Å². The molecule has 2 aromatic carbocycles. The van der Waals surface area contributed by atoms with E-state index in [0.717, 1.165) is 69.9 Å². The Morgan fingerprint density at radius 1 is 1.03 bits per heavy atom. The van der Waals surface area contributed by atoms with E-state index in [0.29, 0.717) is 12.6 Å². The third-order valence-corrected chi connectivity index (χ3v) is 7.07. The molecule has 1 saturated heterocycles. The van der Waals surface area contributed by atoms with Crippen LogP contribution in [0.4, 0.5) is 5.69 Å². The normalized spacial score (nSPS) is 18.2. The van der Waals surface area contributed by atoms with Crippen molar-refractivity contribution in [3.8, 4) is 11.5 Å². The van der Waals surface area contributed by atoms with E-state index >= 15 is 0 Å². The van der Waals surface area contributed by atoms with Gasteiger partial charge in [-0.2, -0.15) is 0 Å². The molecule has 1 unspecified atom stereocenters. The predicted molar refractivity (Wildman–Crippen MR) is 132 cm³/mol. The Balaban J connectivity index is 1.34. The van der Waals surface area contributed by atoms with E-state index in [-0.39, 0.29) is 5.91 Å². The van der Waals surface area contributed by atoms with Crippen LogP contribution in [0.5, 0.6) is 11.5 Å². The third kappa shape index (κ3) is 5.44. The van der Waals surface area contributed by atoms with Gasteiger partial charge in [0.25, 0.3) is 0 Å². The van der Waals surface area contributed by atoms with E-state index in [1.165, 1.54) is 16.8 Å². The quantitative estimate of drug-likeness (QED) is 0.613. The van der Waals surface area contributed by atoms with E-state index in [4.69, 9.17) is 9.47 Å². The first kappa shape index (κ1) is 23.4. The number of anilines is 1. The molecule has 6 heteroatoms. The molecule has 1 amide bonds. The number of rotatable bonds is 8. The molecule has 0 N–H and O–H groups in total. The molecule has 0 saturated carbocycles. The lowest BCUT2D eigenvalue weighted by Crippen LogP contribution is -2.53. The van der Waals surface area contributed by atoms with Crippen molar-refractivity contribution >= 4 is 11.6 Å². The zero-order valence-electron chi connectivity index (χ0n) is 20.3. The third-order valence-electron chi connectivity index (χ3n) is 7.07. The summed E-state index contributed by atoms with van der Waals surface area (Å²) in [4.78, 5) is 20.0. The summed E-state index contributed by atoms with van der Waals surface area (Å²) in [6.07, 6.45) is 4.13. The molecular formula is C27H37N3O3. The van der Waals surface area contributed by atoms with Gasteiger partial charge in [0.05, 0.1) is 20.8 Å². The van der Waals surface area contributed by atoms with Crippen LogP contribution < -0.4 is 14.4 Å². The minimum absolute atomic E-state index is 0.259. The molecular weight excluding hydrogens is 414 g/mol. The van der Waals surface area contributed by atoms with Crippen LogP contribution in [0, 0.1) is 0 Å². The van der Waals surface area contributed by atoms with Crippen molar-refractivity contribution in [2.75, 3.05) is 58.4 Å². The van der Waals surface area contributed by atoms with Crippen molar-refractivity contribution in [1.82, 2.24) is 9.80 Å². The molecule has 1 fully saturated rings. The number of hydrogen-bond acceptors (Lipinski definition) is 5. The van der Waals surface area contributed by atoms with Gasteiger partial charge in [-0.3, -0.25) is 9.69 Å². The number of piperazine rings is 1. The molecule has 2 aromatic rings. The van der Waals surface area contributed by atoms with Crippen LogP contribution >= 0.6 is 0 Å². The first-order valence-electron chi connectivity index (χ1n) is 12.2. The molecule has 0 spiro atoms. The topological polar surface area (TPSA) is 45.3 Å². The van der Waals surface area contributed by atoms with Crippen molar-refractivity contribution in [2.45, 2.75) is 38.6 Å². The van der Waals surface area contributed by atoms with E-state index in [1.807, 2.05) is 17.0 Å². The fourth-order valence-corrected chi connectivity index (χ4v) is 5.21. The number of carbonyl (C=O) groups excluding carboxylic acids is 1. The van der Waals surface area contributed by atoms with Crippen LogP contribution in [0.2, 0.25) is 0 Å². The SMILES string of the molecule is CCCN(CC(=O)N1CCN(c2ccc(OC)cc2)CC1)C1CCc2c(cccc2OC)C1. The summed E-state index contributed by atoms with van der Waals surface area (Å²) in [6.45, 7) is 6.95. The number of benzene rings is 2. The maximum atomic E-state index is 13.2.